The minimum atomic E-state index is -3.94. The van der Waals surface area contributed by atoms with Gasteiger partial charge in [0.2, 0.25) is 21.8 Å². The fourth-order valence-corrected chi connectivity index (χ4v) is 7.36. The zero-order valence-corrected chi connectivity index (χ0v) is 28.1. The minimum absolute atomic E-state index is 0.00489. The summed E-state index contributed by atoms with van der Waals surface area (Å²) in [6.45, 7) is 1.65. The van der Waals surface area contributed by atoms with Crippen LogP contribution in [0.3, 0.4) is 0 Å². The average Bonchev–Trinajstić information content (AvgIpc) is 3.06. The molecule has 1 N–H and O–H groups in total. The predicted molar refractivity (Wildman–Crippen MR) is 180 cm³/mol. The molecule has 9 nitrogen and oxygen atoms in total. The van der Waals surface area contributed by atoms with E-state index in [0.717, 1.165) is 42.0 Å². The van der Waals surface area contributed by atoms with Crippen LogP contribution in [0.15, 0.2) is 66.7 Å². The van der Waals surface area contributed by atoms with Gasteiger partial charge in [-0.05, 0) is 55.2 Å². The van der Waals surface area contributed by atoms with Crippen molar-refractivity contribution in [2.75, 3.05) is 29.8 Å². The fourth-order valence-electron chi connectivity index (χ4n) is 5.84. The zero-order chi connectivity index (χ0) is 32.7. The maximum Gasteiger partial charge on any atom is 0.244 e. The molecule has 0 saturated heterocycles. The predicted octanol–water partition coefficient (Wildman–Crippen LogP) is 6.01. The van der Waals surface area contributed by atoms with Crippen molar-refractivity contribution in [3.05, 3.63) is 87.9 Å². The molecule has 2 amide bonds. The van der Waals surface area contributed by atoms with E-state index in [4.69, 9.17) is 32.7 Å². The summed E-state index contributed by atoms with van der Waals surface area (Å²) in [5.74, 6) is -0.202. The van der Waals surface area contributed by atoms with Crippen molar-refractivity contribution >= 4 is 50.7 Å². The van der Waals surface area contributed by atoms with Crippen LogP contribution in [-0.2, 0) is 32.6 Å². The standard InChI is InChI=1S/C34H39Cl2N3O6S/c1-2-46(42,43)39(28-15-16-31-32(21-28)45-18-17-44-31)23-33(40)38(22-25-13-14-26(35)20-29(25)36)30(19-24-9-5-3-6-10-24)34(41)37-27-11-7-4-8-12-27/h3,5-6,9-10,13-16,20-21,27,30H,2,4,7-8,11-12,17-19,22-23H2,1H3,(H,37,41)/t30-/m1/s1. The SMILES string of the molecule is CCS(=O)(=O)N(CC(=O)N(Cc1ccc(Cl)cc1Cl)[C@H](Cc1ccccc1)C(=O)NC1CCCCC1)c1ccc2c(c1)OCCO2. The van der Waals surface area contributed by atoms with Crippen LogP contribution in [0, 0.1) is 0 Å². The monoisotopic (exact) mass is 687 g/mol. The summed E-state index contributed by atoms with van der Waals surface area (Å²) in [4.78, 5) is 30.1. The molecule has 0 unspecified atom stereocenters. The number of carbonyl (C=O) groups is 2. The first-order valence-corrected chi connectivity index (χ1v) is 18.0. The van der Waals surface area contributed by atoms with E-state index >= 15 is 0 Å². The molecule has 1 aliphatic heterocycles. The highest BCUT2D eigenvalue weighted by Gasteiger charge is 2.35. The molecule has 3 aromatic carbocycles. The number of sulfonamides is 1. The first-order valence-electron chi connectivity index (χ1n) is 15.6. The Hall–Kier alpha value is -3.47. The molecule has 12 heteroatoms. The van der Waals surface area contributed by atoms with E-state index in [1.165, 1.54) is 11.8 Å². The van der Waals surface area contributed by atoms with Gasteiger partial charge in [-0.25, -0.2) is 8.42 Å². The van der Waals surface area contributed by atoms with Crippen molar-refractivity contribution in [3.8, 4) is 11.5 Å². The number of benzene rings is 3. The van der Waals surface area contributed by atoms with Gasteiger partial charge < -0.3 is 19.7 Å². The number of anilines is 1. The van der Waals surface area contributed by atoms with E-state index < -0.39 is 28.5 Å². The van der Waals surface area contributed by atoms with Gasteiger partial charge >= 0.3 is 0 Å². The Labute approximate surface area is 280 Å². The van der Waals surface area contributed by atoms with E-state index in [1.54, 1.807) is 36.4 Å². The number of ether oxygens (including phenoxy) is 2. The quantitative estimate of drug-likeness (QED) is 0.250. The summed E-state index contributed by atoms with van der Waals surface area (Å²) in [6.07, 6.45) is 5.14. The number of rotatable bonds is 12. The summed E-state index contributed by atoms with van der Waals surface area (Å²) in [5.41, 5.74) is 1.69. The van der Waals surface area contributed by atoms with Gasteiger partial charge in [-0.2, -0.15) is 0 Å². The zero-order valence-electron chi connectivity index (χ0n) is 25.8. The maximum atomic E-state index is 14.5. The molecule has 1 fully saturated rings. The van der Waals surface area contributed by atoms with Gasteiger partial charge in [0.05, 0.1) is 11.4 Å². The van der Waals surface area contributed by atoms with E-state index in [9.17, 15) is 18.0 Å². The first kappa shape index (κ1) is 33.9. The van der Waals surface area contributed by atoms with Crippen molar-refractivity contribution in [2.24, 2.45) is 0 Å². The molecule has 46 heavy (non-hydrogen) atoms. The summed E-state index contributed by atoms with van der Waals surface area (Å²) in [6, 6.07) is 18.3. The average molecular weight is 689 g/mol. The highest BCUT2D eigenvalue weighted by atomic mass is 35.5. The number of nitrogens with one attached hydrogen (secondary N) is 1. The Morgan fingerprint density at radius 1 is 0.935 bits per heavy atom. The number of hydrogen-bond acceptors (Lipinski definition) is 6. The van der Waals surface area contributed by atoms with Crippen LogP contribution in [0.25, 0.3) is 0 Å². The second-order valence-electron chi connectivity index (χ2n) is 11.5. The van der Waals surface area contributed by atoms with E-state index in [1.807, 2.05) is 30.3 Å². The van der Waals surface area contributed by atoms with E-state index in [2.05, 4.69) is 5.32 Å². The summed E-state index contributed by atoms with van der Waals surface area (Å²) >= 11 is 12.8. The number of halogens is 2. The Balaban J connectivity index is 1.53. The van der Waals surface area contributed by atoms with Crippen LogP contribution in [0.1, 0.15) is 50.2 Å². The molecule has 3 aromatic rings. The smallest absolute Gasteiger partial charge is 0.244 e. The van der Waals surface area contributed by atoms with Crippen LogP contribution >= 0.6 is 23.2 Å². The lowest BCUT2D eigenvalue weighted by atomic mass is 9.94. The molecule has 1 saturated carbocycles. The molecule has 2 aliphatic rings. The summed E-state index contributed by atoms with van der Waals surface area (Å²) < 4.78 is 39.4. The van der Waals surface area contributed by atoms with Crippen LogP contribution in [0.2, 0.25) is 10.0 Å². The Morgan fingerprint density at radius 2 is 1.65 bits per heavy atom. The van der Waals surface area contributed by atoms with Gasteiger partial charge in [-0.3, -0.25) is 13.9 Å². The van der Waals surface area contributed by atoms with Crippen LogP contribution in [0.4, 0.5) is 5.69 Å². The molecule has 1 aliphatic carbocycles. The van der Waals surface area contributed by atoms with E-state index in [0.29, 0.717) is 40.3 Å². The lowest BCUT2D eigenvalue weighted by Crippen LogP contribution is -2.55. The normalized spacial score (nSPS) is 15.5. The van der Waals surface area contributed by atoms with Gasteiger partial charge in [0.25, 0.3) is 0 Å². The largest absolute Gasteiger partial charge is 0.486 e. The molecule has 1 atom stereocenters. The van der Waals surface area contributed by atoms with Crippen molar-refractivity contribution in [1.82, 2.24) is 10.2 Å². The Morgan fingerprint density at radius 3 is 2.35 bits per heavy atom. The minimum Gasteiger partial charge on any atom is -0.486 e. The van der Waals surface area contributed by atoms with Gasteiger partial charge in [-0.15, -0.1) is 0 Å². The van der Waals surface area contributed by atoms with Gasteiger partial charge in [0.1, 0.15) is 25.8 Å². The third-order valence-corrected chi connectivity index (χ3v) is 10.7. The molecule has 246 valence electrons. The number of amides is 2. The summed E-state index contributed by atoms with van der Waals surface area (Å²) in [7, 11) is -3.94. The third kappa shape index (κ3) is 8.46. The lowest BCUT2D eigenvalue weighted by molar-refractivity contribution is -0.140. The molecular formula is C34H39Cl2N3O6S. The highest BCUT2D eigenvalue weighted by Crippen LogP contribution is 2.35. The Bertz CT molecular complexity index is 1630. The van der Waals surface area contributed by atoms with Crippen molar-refractivity contribution < 1.29 is 27.5 Å². The first-order chi connectivity index (χ1) is 22.1. The number of hydrogen-bond donors (Lipinski definition) is 1. The lowest BCUT2D eigenvalue weighted by Gasteiger charge is -2.35. The molecule has 0 bridgehead atoms. The van der Waals surface area contributed by atoms with Crippen LogP contribution in [0.5, 0.6) is 11.5 Å². The number of nitrogens with zero attached hydrogens (tertiary/aromatic N) is 2. The molecule has 5 rings (SSSR count). The second-order valence-corrected chi connectivity index (χ2v) is 14.6. The van der Waals surface area contributed by atoms with E-state index in [-0.39, 0.29) is 36.4 Å². The van der Waals surface area contributed by atoms with Crippen molar-refractivity contribution in [1.29, 1.82) is 0 Å². The van der Waals surface area contributed by atoms with Gasteiger partial charge in [0, 0.05) is 35.1 Å². The van der Waals surface area contributed by atoms with Crippen LogP contribution in [-0.4, -0.2) is 62.7 Å². The summed E-state index contributed by atoms with van der Waals surface area (Å²) in [5, 5.41) is 3.96. The number of fused-ring (bicyclic) bond motifs is 1. The molecule has 0 radical (unpaired) electrons. The third-order valence-electron chi connectivity index (χ3n) is 8.37. The maximum absolute atomic E-state index is 14.5. The van der Waals surface area contributed by atoms with Crippen molar-refractivity contribution in [3.63, 3.8) is 0 Å². The second kappa shape index (κ2) is 15.4. The molecular weight excluding hydrogens is 649 g/mol. The fraction of sp³-hybridized carbons (Fsp3) is 0.412. The van der Waals surface area contributed by atoms with Gasteiger partial charge in [0.15, 0.2) is 11.5 Å². The van der Waals surface area contributed by atoms with Crippen molar-refractivity contribution in [2.45, 2.75) is 64.1 Å². The molecule has 1 heterocycles. The topological polar surface area (TPSA) is 105 Å². The Kier molecular flexibility index (Phi) is 11.4. The molecule has 0 aromatic heterocycles. The van der Waals surface area contributed by atoms with Gasteiger partial charge in [-0.1, -0.05) is 78.9 Å². The molecule has 0 spiro atoms. The number of carbonyl (C=O) groups excluding carboxylic acids is 2. The highest BCUT2D eigenvalue weighted by molar-refractivity contribution is 7.92. The van der Waals surface area contributed by atoms with Crippen LogP contribution < -0.4 is 19.1 Å².